The molecule has 5 rings (SSSR count). The number of para-hydroxylation sites is 2. The Kier molecular flexibility index (Phi) is 6.22. The lowest BCUT2D eigenvalue weighted by atomic mass is 10.1. The monoisotopic (exact) mass is 488 g/mol. The van der Waals surface area contributed by atoms with E-state index in [0.717, 1.165) is 41.4 Å². The molecule has 1 aliphatic rings. The van der Waals surface area contributed by atoms with Crippen molar-refractivity contribution in [3.8, 4) is 0 Å². The number of amides is 2. The molecule has 9 nitrogen and oxygen atoms in total. The summed E-state index contributed by atoms with van der Waals surface area (Å²) < 4.78 is 7.88. The van der Waals surface area contributed by atoms with Crippen LogP contribution in [0.15, 0.2) is 56.5 Å². The van der Waals surface area contributed by atoms with E-state index in [4.69, 9.17) is 4.42 Å². The SMILES string of the molecule is Cc1cccc(C)c1NC(=O)Cn1c(=O)n(CC(=O)NC2CCCC2)c(=O)c2oc3ccccc3c21. The van der Waals surface area contributed by atoms with Gasteiger partial charge in [-0.3, -0.25) is 19.0 Å². The van der Waals surface area contributed by atoms with Crippen molar-refractivity contribution in [1.82, 2.24) is 14.5 Å². The van der Waals surface area contributed by atoms with Crippen molar-refractivity contribution < 1.29 is 14.0 Å². The molecule has 186 valence electrons. The van der Waals surface area contributed by atoms with E-state index in [1.54, 1.807) is 24.3 Å². The number of furan rings is 1. The third-order valence-electron chi connectivity index (χ3n) is 6.81. The van der Waals surface area contributed by atoms with Crippen LogP contribution in [0.3, 0.4) is 0 Å². The molecule has 36 heavy (non-hydrogen) atoms. The van der Waals surface area contributed by atoms with Crippen LogP contribution in [0.4, 0.5) is 5.69 Å². The number of anilines is 1. The fourth-order valence-electron chi connectivity index (χ4n) is 5.00. The van der Waals surface area contributed by atoms with Crippen molar-refractivity contribution in [3.63, 3.8) is 0 Å². The van der Waals surface area contributed by atoms with Gasteiger partial charge in [-0.05, 0) is 49.9 Å². The van der Waals surface area contributed by atoms with E-state index in [1.165, 1.54) is 4.57 Å². The van der Waals surface area contributed by atoms with E-state index in [-0.39, 0.29) is 23.7 Å². The lowest BCUT2D eigenvalue weighted by Gasteiger charge is -2.15. The van der Waals surface area contributed by atoms with Gasteiger partial charge in [0.15, 0.2) is 0 Å². The third-order valence-corrected chi connectivity index (χ3v) is 6.81. The molecule has 1 saturated carbocycles. The Morgan fingerprint density at radius 3 is 2.31 bits per heavy atom. The van der Waals surface area contributed by atoms with Gasteiger partial charge in [0.2, 0.25) is 17.4 Å². The first-order valence-corrected chi connectivity index (χ1v) is 12.1. The van der Waals surface area contributed by atoms with Crippen molar-refractivity contribution in [1.29, 1.82) is 0 Å². The molecule has 0 atom stereocenters. The van der Waals surface area contributed by atoms with Gasteiger partial charge in [0, 0.05) is 17.1 Å². The highest BCUT2D eigenvalue weighted by Gasteiger charge is 2.24. The summed E-state index contributed by atoms with van der Waals surface area (Å²) in [7, 11) is 0. The molecule has 2 N–H and O–H groups in total. The second-order valence-electron chi connectivity index (χ2n) is 9.40. The van der Waals surface area contributed by atoms with E-state index >= 15 is 0 Å². The Bertz CT molecular complexity index is 1580. The Hall–Kier alpha value is -4.14. The van der Waals surface area contributed by atoms with Crippen LogP contribution in [0.25, 0.3) is 22.1 Å². The Balaban J connectivity index is 1.57. The van der Waals surface area contributed by atoms with Crippen LogP contribution >= 0.6 is 0 Å². The summed E-state index contributed by atoms with van der Waals surface area (Å²) in [5, 5.41) is 6.34. The van der Waals surface area contributed by atoms with Gasteiger partial charge in [0.1, 0.15) is 24.2 Å². The van der Waals surface area contributed by atoms with Gasteiger partial charge in [-0.1, -0.05) is 43.2 Å². The average Bonchev–Trinajstić information content (AvgIpc) is 3.50. The summed E-state index contributed by atoms with van der Waals surface area (Å²) in [5.41, 5.74) is 1.62. The van der Waals surface area contributed by atoms with E-state index in [9.17, 15) is 19.2 Å². The molecule has 1 fully saturated rings. The molecule has 1 aliphatic carbocycles. The molecular formula is C27H28N4O5. The van der Waals surface area contributed by atoms with Crippen molar-refractivity contribution >= 4 is 39.6 Å². The smallest absolute Gasteiger partial charge is 0.332 e. The fraction of sp³-hybridized carbons (Fsp3) is 0.333. The second-order valence-corrected chi connectivity index (χ2v) is 9.40. The van der Waals surface area contributed by atoms with Crippen LogP contribution < -0.4 is 21.9 Å². The quantitative estimate of drug-likeness (QED) is 0.432. The highest BCUT2D eigenvalue weighted by molar-refractivity contribution is 6.03. The zero-order chi connectivity index (χ0) is 25.4. The maximum Gasteiger partial charge on any atom is 0.332 e. The number of fused-ring (bicyclic) bond motifs is 3. The Labute approximate surface area is 206 Å². The average molecular weight is 489 g/mol. The van der Waals surface area contributed by atoms with E-state index in [2.05, 4.69) is 10.6 Å². The maximum atomic E-state index is 13.6. The van der Waals surface area contributed by atoms with E-state index in [0.29, 0.717) is 16.7 Å². The predicted molar refractivity (Wildman–Crippen MR) is 137 cm³/mol. The number of carbonyl (C=O) groups excluding carboxylic acids is 2. The molecule has 0 spiro atoms. The summed E-state index contributed by atoms with van der Waals surface area (Å²) >= 11 is 0. The topological polar surface area (TPSA) is 115 Å². The number of aryl methyl sites for hydroxylation is 2. The number of rotatable bonds is 6. The minimum Gasteiger partial charge on any atom is -0.449 e. The summed E-state index contributed by atoms with van der Waals surface area (Å²) in [6.45, 7) is 2.98. The minimum absolute atomic E-state index is 0.0495. The molecule has 0 bridgehead atoms. The number of aromatic nitrogens is 2. The first kappa shape index (κ1) is 23.6. The largest absolute Gasteiger partial charge is 0.449 e. The highest BCUT2D eigenvalue weighted by Crippen LogP contribution is 2.26. The number of carbonyl (C=O) groups is 2. The number of benzene rings is 2. The molecule has 2 heterocycles. The van der Waals surface area contributed by atoms with Crippen LogP contribution in [0.2, 0.25) is 0 Å². The van der Waals surface area contributed by atoms with Crippen LogP contribution in [-0.2, 0) is 22.7 Å². The van der Waals surface area contributed by atoms with Gasteiger partial charge in [-0.2, -0.15) is 0 Å². The van der Waals surface area contributed by atoms with Crippen LogP contribution in [0, 0.1) is 13.8 Å². The van der Waals surface area contributed by atoms with E-state index in [1.807, 2.05) is 32.0 Å². The highest BCUT2D eigenvalue weighted by atomic mass is 16.3. The zero-order valence-electron chi connectivity index (χ0n) is 20.3. The van der Waals surface area contributed by atoms with Crippen LogP contribution in [0.1, 0.15) is 36.8 Å². The van der Waals surface area contributed by atoms with Crippen molar-refractivity contribution in [2.75, 3.05) is 5.32 Å². The molecule has 4 aromatic rings. The molecule has 0 saturated heterocycles. The molecule has 0 unspecified atom stereocenters. The Morgan fingerprint density at radius 1 is 0.917 bits per heavy atom. The molecule has 9 heteroatoms. The first-order chi connectivity index (χ1) is 17.3. The zero-order valence-corrected chi connectivity index (χ0v) is 20.3. The van der Waals surface area contributed by atoms with Crippen LogP contribution in [-0.4, -0.2) is 27.0 Å². The van der Waals surface area contributed by atoms with Crippen LogP contribution in [0.5, 0.6) is 0 Å². The predicted octanol–water partition coefficient (Wildman–Crippen LogP) is 3.22. The normalized spacial score (nSPS) is 13.9. The molecule has 2 aromatic heterocycles. The maximum absolute atomic E-state index is 13.6. The lowest BCUT2D eigenvalue weighted by molar-refractivity contribution is -0.122. The van der Waals surface area contributed by atoms with E-state index < -0.39 is 29.6 Å². The van der Waals surface area contributed by atoms with Gasteiger partial charge < -0.3 is 15.1 Å². The third kappa shape index (κ3) is 4.32. The number of hydrogen-bond acceptors (Lipinski definition) is 5. The van der Waals surface area contributed by atoms with Gasteiger partial charge >= 0.3 is 5.69 Å². The minimum atomic E-state index is -0.739. The van der Waals surface area contributed by atoms with Crippen molar-refractivity contribution in [2.45, 2.75) is 58.7 Å². The summed E-state index contributed by atoms with van der Waals surface area (Å²) in [5.74, 6) is -0.843. The number of nitrogens with one attached hydrogen (secondary N) is 2. The second kappa shape index (κ2) is 9.49. The summed E-state index contributed by atoms with van der Waals surface area (Å²) in [4.78, 5) is 52.7. The fourth-order valence-corrected chi connectivity index (χ4v) is 5.00. The lowest BCUT2D eigenvalue weighted by Crippen LogP contribution is -2.46. The number of hydrogen-bond donors (Lipinski definition) is 2. The van der Waals surface area contributed by atoms with Gasteiger partial charge in [-0.25, -0.2) is 9.36 Å². The summed E-state index contributed by atoms with van der Waals surface area (Å²) in [6.07, 6.45) is 3.84. The standard InChI is InChI=1S/C27H28N4O5/c1-16-8-7-9-17(2)23(16)29-22(33)14-30-24-19-12-5-6-13-20(19)36-25(24)26(34)31(27(30)35)15-21(32)28-18-10-3-4-11-18/h5-9,12-13,18H,3-4,10-11,14-15H2,1-2H3,(H,28,32)(H,29,33). The molecule has 0 aliphatic heterocycles. The van der Waals surface area contributed by atoms with Gasteiger partial charge in [0.25, 0.3) is 5.56 Å². The number of nitrogens with zero attached hydrogens (tertiary/aromatic N) is 2. The molecule has 0 radical (unpaired) electrons. The van der Waals surface area contributed by atoms with Crippen molar-refractivity contribution in [2.24, 2.45) is 0 Å². The molecule has 2 amide bonds. The molecular weight excluding hydrogens is 460 g/mol. The van der Waals surface area contributed by atoms with Gasteiger partial charge in [0.05, 0.1) is 0 Å². The van der Waals surface area contributed by atoms with Gasteiger partial charge in [-0.15, -0.1) is 0 Å². The first-order valence-electron chi connectivity index (χ1n) is 12.1. The van der Waals surface area contributed by atoms with Crippen molar-refractivity contribution in [3.05, 3.63) is 74.4 Å². The molecule has 2 aromatic carbocycles. The summed E-state index contributed by atoms with van der Waals surface area (Å²) in [6, 6.07) is 12.7. The Morgan fingerprint density at radius 2 is 1.58 bits per heavy atom.